The highest BCUT2D eigenvalue weighted by Gasteiger charge is 2.51. The number of rotatable bonds is 3. The van der Waals surface area contributed by atoms with Gasteiger partial charge < -0.3 is 14.2 Å². The Morgan fingerprint density at radius 2 is 1.68 bits per heavy atom. The van der Waals surface area contributed by atoms with Crippen molar-refractivity contribution in [3.05, 3.63) is 29.8 Å². The van der Waals surface area contributed by atoms with Crippen molar-refractivity contribution in [3.8, 4) is 0 Å². The smallest absolute Gasteiger partial charge is 0.399 e. The predicted molar refractivity (Wildman–Crippen MR) is 101 cm³/mol. The van der Waals surface area contributed by atoms with Crippen LogP contribution in [-0.4, -0.2) is 42.2 Å². The van der Waals surface area contributed by atoms with E-state index in [1.54, 1.807) is 0 Å². The predicted octanol–water partition coefficient (Wildman–Crippen LogP) is 3.39. The van der Waals surface area contributed by atoms with Crippen LogP contribution in [-0.2, 0) is 9.31 Å². The van der Waals surface area contributed by atoms with Crippen LogP contribution >= 0.6 is 0 Å². The van der Waals surface area contributed by atoms with Gasteiger partial charge in [0.1, 0.15) is 0 Å². The zero-order chi connectivity index (χ0) is 18.2. The van der Waals surface area contributed by atoms with Gasteiger partial charge in [0.15, 0.2) is 0 Å². The molecule has 4 nitrogen and oxygen atoms in total. The lowest BCUT2D eigenvalue weighted by atomic mass is 9.78. The molecular weight excluding hydrogens is 313 g/mol. The summed E-state index contributed by atoms with van der Waals surface area (Å²) in [5.41, 5.74) is 0.856. The van der Waals surface area contributed by atoms with Gasteiger partial charge in [-0.15, -0.1) is 0 Å². The lowest BCUT2D eigenvalue weighted by Gasteiger charge is -2.32. The lowest BCUT2D eigenvalue weighted by Crippen LogP contribution is -2.41. The largest absolute Gasteiger partial charge is 0.494 e. The van der Waals surface area contributed by atoms with Gasteiger partial charge in [-0.3, -0.25) is 4.79 Å². The first-order valence-corrected chi connectivity index (χ1v) is 9.44. The SMILES string of the molecule is CN(C(=O)c1cccc(B2OC(C)(C)C(C)(C)O2)c1)C1CCCCC1. The molecule has 136 valence electrons. The Bertz CT molecular complexity index is 622. The summed E-state index contributed by atoms with van der Waals surface area (Å²) in [6.45, 7) is 8.16. The number of amides is 1. The van der Waals surface area contributed by atoms with E-state index >= 15 is 0 Å². The molecule has 0 N–H and O–H groups in total. The molecule has 1 amide bonds. The van der Waals surface area contributed by atoms with Crippen molar-refractivity contribution in [3.63, 3.8) is 0 Å². The summed E-state index contributed by atoms with van der Waals surface area (Å²) in [7, 11) is 1.50. The molecule has 1 aromatic rings. The van der Waals surface area contributed by atoms with Gasteiger partial charge in [-0.05, 0) is 58.1 Å². The van der Waals surface area contributed by atoms with E-state index in [0.717, 1.165) is 18.3 Å². The molecule has 1 aliphatic heterocycles. The molecule has 1 aliphatic carbocycles. The third kappa shape index (κ3) is 3.63. The van der Waals surface area contributed by atoms with Gasteiger partial charge in [-0.2, -0.15) is 0 Å². The molecule has 5 heteroatoms. The topological polar surface area (TPSA) is 38.8 Å². The van der Waals surface area contributed by atoms with E-state index in [1.807, 2.05) is 63.9 Å². The van der Waals surface area contributed by atoms with Crippen LogP contribution in [0.1, 0.15) is 70.2 Å². The monoisotopic (exact) mass is 343 g/mol. The second kappa shape index (κ2) is 6.77. The number of hydrogen-bond donors (Lipinski definition) is 0. The van der Waals surface area contributed by atoms with Crippen LogP contribution in [0.2, 0.25) is 0 Å². The first-order valence-electron chi connectivity index (χ1n) is 9.44. The molecular formula is C20H30BNO3. The quantitative estimate of drug-likeness (QED) is 0.790. The number of benzene rings is 1. The molecule has 0 atom stereocenters. The molecule has 0 bridgehead atoms. The fourth-order valence-corrected chi connectivity index (χ4v) is 3.64. The van der Waals surface area contributed by atoms with E-state index in [2.05, 4.69) is 0 Å². The molecule has 1 aromatic carbocycles. The molecule has 1 saturated carbocycles. The molecule has 0 unspecified atom stereocenters. The first kappa shape index (κ1) is 18.5. The van der Waals surface area contributed by atoms with Crippen LogP contribution in [0.3, 0.4) is 0 Å². The van der Waals surface area contributed by atoms with Gasteiger partial charge in [-0.25, -0.2) is 0 Å². The van der Waals surface area contributed by atoms with Crippen LogP contribution < -0.4 is 5.46 Å². The maximum atomic E-state index is 12.9. The highest BCUT2D eigenvalue weighted by molar-refractivity contribution is 6.62. The Morgan fingerprint density at radius 1 is 1.08 bits per heavy atom. The van der Waals surface area contributed by atoms with E-state index in [1.165, 1.54) is 19.3 Å². The van der Waals surface area contributed by atoms with Gasteiger partial charge in [0.25, 0.3) is 5.91 Å². The maximum Gasteiger partial charge on any atom is 0.494 e. The van der Waals surface area contributed by atoms with Crippen LogP contribution in [0.4, 0.5) is 0 Å². The highest BCUT2D eigenvalue weighted by Crippen LogP contribution is 2.36. The van der Waals surface area contributed by atoms with E-state index in [-0.39, 0.29) is 17.1 Å². The number of hydrogen-bond acceptors (Lipinski definition) is 3. The summed E-state index contributed by atoms with van der Waals surface area (Å²) in [4.78, 5) is 14.8. The molecule has 0 radical (unpaired) electrons. The van der Waals surface area contributed by atoms with Crippen LogP contribution in [0, 0.1) is 0 Å². The van der Waals surface area contributed by atoms with Gasteiger partial charge in [0.05, 0.1) is 11.2 Å². The average Bonchev–Trinajstić information content (AvgIpc) is 2.82. The second-order valence-corrected chi connectivity index (χ2v) is 8.42. The Hall–Kier alpha value is -1.33. The van der Waals surface area contributed by atoms with Crippen molar-refractivity contribution in [2.24, 2.45) is 0 Å². The summed E-state index contributed by atoms with van der Waals surface area (Å²) in [6, 6.07) is 8.06. The first-order chi connectivity index (χ1) is 11.7. The highest BCUT2D eigenvalue weighted by atomic mass is 16.7. The summed E-state index contributed by atoms with van der Waals surface area (Å²) in [5, 5.41) is 0. The zero-order valence-corrected chi connectivity index (χ0v) is 16.2. The fourth-order valence-electron chi connectivity index (χ4n) is 3.64. The standard InChI is InChI=1S/C20H30BNO3/c1-19(2)20(3,4)25-21(24-19)16-11-9-10-15(14-16)18(23)22(5)17-12-7-6-8-13-17/h9-11,14,17H,6-8,12-13H2,1-5H3. The number of carbonyl (C=O) groups excluding carboxylic acids is 1. The minimum atomic E-state index is -0.433. The van der Waals surface area contributed by atoms with E-state index in [9.17, 15) is 4.79 Å². The lowest BCUT2D eigenvalue weighted by molar-refractivity contribution is 0.00578. The van der Waals surface area contributed by atoms with Crippen molar-refractivity contribution < 1.29 is 14.1 Å². The molecule has 25 heavy (non-hydrogen) atoms. The Morgan fingerprint density at radius 3 is 2.28 bits per heavy atom. The minimum Gasteiger partial charge on any atom is -0.399 e. The van der Waals surface area contributed by atoms with Crippen LogP contribution in [0.15, 0.2) is 24.3 Å². The number of nitrogens with zero attached hydrogens (tertiary/aromatic N) is 1. The van der Waals surface area contributed by atoms with Crippen molar-refractivity contribution in [1.82, 2.24) is 4.90 Å². The molecule has 0 spiro atoms. The molecule has 1 heterocycles. The fraction of sp³-hybridized carbons (Fsp3) is 0.650. The summed E-state index contributed by atoms with van der Waals surface area (Å²) < 4.78 is 12.2. The number of carbonyl (C=O) groups is 1. The molecule has 2 fully saturated rings. The summed E-state index contributed by atoms with van der Waals surface area (Å²) >= 11 is 0. The van der Waals surface area contributed by atoms with Gasteiger partial charge in [0.2, 0.25) is 0 Å². The zero-order valence-electron chi connectivity index (χ0n) is 16.2. The summed E-state index contributed by atoms with van der Waals surface area (Å²) in [6.07, 6.45) is 5.95. The minimum absolute atomic E-state index is 0.0882. The average molecular weight is 343 g/mol. The third-order valence-corrected chi connectivity index (χ3v) is 6.10. The Labute approximate surface area is 152 Å². The molecule has 1 saturated heterocycles. The third-order valence-electron chi connectivity index (χ3n) is 6.10. The van der Waals surface area contributed by atoms with Crippen molar-refractivity contribution >= 4 is 18.5 Å². The normalized spacial score (nSPS) is 22.8. The van der Waals surface area contributed by atoms with Crippen molar-refractivity contribution in [2.45, 2.75) is 77.0 Å². The summed E-state index contributed by atoms with van der Waals surface area (Å²) in [5.74, 6) is 0.0882. The van der Waals surface area contributed by atoms with Crippen LogP contribution in [0.25, 0.3) is 0 Å². The Balaban J connectivity index is 1.76. The van der Waals surface area contributed by atoms with Crippen molar-refractivity contribution in [1.29, 1.82) is 0 Å². The Kier molecular flexibility index (Phi) is 5.00. The molecule has 0 aromatic heterocycles. The maximum absolute atomic E-state index is 12.9. The molecule has 3 rings (SSSR count). The van der Waals surface area contributed by atoms with Gasteiger partial charge in [-0.1, -0.05) is 31.4 Å². The van der Waals surface area contributed by atoms with Crippen LogP contribution in [0.5, 0.6) is 0 Å². The second-order valence-electron chi connectivity index (χ2n) is 8.42. The van der Waals surface area contributed by atoms with Crippen molar-refractivity contribution in [2.75, 3.05) is 7.05 Å². The van der Waals surface area contributed by atoms with E-state index in [4.69, 9.17) is 9.31 Å². The molecule has 2 aliphatic rings. The van der Waals surface area contributed by atoms with Gasteiger partial charge in [0, 0.05) is 18.7 Å². The van der Waals surface area contributed by atoms with E-state index in [0.29, 0.717) is 11.6 Å². The van der Waals surface area contributed by atoms with E-state index < -0.39 is 7.12 Å². The van der Waals surface area contributed by atoms with Gasteiger partial charge >= 0.3 is 7.12 Å².